The molecule has 0 radical (unpaired) electrons. The van der Waals surface area contributed by atoms with Gasteiger partial charge in [0, 0.05) is 13.1 Å². The zero-order chi connectivity index (χ0) is 8.27. The summed E-state index contributed by atoms with van der Waals surface area (Å²) in [5, 5.41) is -0.100. The van der Waals surface area contributed by atoms with Crippen molar-refractivity contribution in [2.75, 3.05) is 7.05 Å². The minimum Gasteiger partial charge on any atom is -0.334 e. The molecule has 1 saturated carbocycles. The minimum absolute atomic E-state index is 0.100. The van der Waals surface area contributed by atoms with Crippen molar-refractivity contribution in [2.45, 2.75) is 38.1 Å². The lowest BCUT2D eigenvalue weighted by atomic mass is 9.95. The van der Waals surface area contributed by atoms with Gasteiger partial charge in [0.2, 0.25) is 0 Å². The Morgan fingerprint density at radius 1 is 1.36 bits per heavy atom. The molecule has 0 bridgehead atoms. The van der Waals surface area contributed by atoms with Gasteiger partial charge in [-0.15, -0.1) is 0 Å². The Bertz CT molecular complexity index is 143. The summed E-state index contributed by atoms with van der Waals surface area (Å²) in [5.41, 5.74) is 0. The number of carbonyl (C=O) groups is 1. The predicted molar refractivity (Wildman–Crippen MR) is 49.0 cm³/mol. The van der Waals surface area contributed by atoms with Gasteiger partial charge in [0.05, 0.1) is 0 Å². The van der Waals surface area contributed by atoms with E-state index in [1.807, 2.05) is 7.05 Å². The molecular formula is C8H15NOS. The summed E-state index contributed by atoms with van der Waals surface area (Å²) < 4.78 is 0. The summed E-state index contributed by atoms with van der Waals surface area (Å²) in [6.07, 6.45) is 6.16. The highest BCUT2D eigenvalue weighted by molar-refractivity contribution is 7.96. The Kier molecular flexibility index (Phi) is 3.24. The second-order valence-corrected chi connectivity index (χ2v) is 3.57. The van der Waals surface area contributed by atoms with Gasteiger partial charge in [-0.05, 0) is 12.8 Å². The van der Waals surface area contributed by atoms with Crippen molar-refractivity contribution in [2.24, 2.45) is 0 Å². The zero-order valence-electron chi connectivity index (χ0n) is 6.92. The second-order valence-electron chi connectivity index (χ2n) is 3.19. The summed E-state index contributed by atoms with van der Waals surface area (Å²) >= 11 is 3.79. The smallest absolute Gasteiger partial charge is 0.278 e. The number of hydrogen-bond acceptors (Lipinski definition) is 1. The molecule has 64 valence electrons. The molecule has 0 aromatic rings. The third-order valence-corrected chi connectivity index (χ3v) is 2.74. The molecule has 0 heterocycles. The Morgan fingerprint density at radius 3 is 2.36 bits per heavy atom. The molecule has 0 aromatic carbocycles. The number of hydrogen-bond donors (Lipinski definition) is 1. The van der Waals surface area contributed by atoms with E-state index in [9.17, 15) is 4.79 Å². The third-order valence-electron chi connectivity index (χ3n) is 2.42. The normalized spacial score (nSPS) is 19.8. The molecule has 0 N–H and O–H groups in total. The Labute approximate surface area is 73.4 Å². The van der Waals surface area contributed by atoms with E-state index in [1.54, 1.807) is 4.90 Å². The van der Waals surface area contributed by atoms with E-state index >= 15 is 0 Å². The van der Waals surface area contributed by atoms with Gasteiger partial charge in [-0.1, -0.05) is 31.9 Å². The maximum atomic E-state index is 10.8. The van der Waals surface area contributed by atoms with Crippen LogP contribution in [-0.2, 0) is 0 Å². The van der Waals surface area contributed by atoms with Crippen LogP contribution in [0.15, 0.2) is 0 Å². The van der Waals surface area contributed by atoms with E-state index in [4.69, 9.17) is 0 Å². The Hall–Kier alpha value is -0.180. The van der Waals surface area contributed by atoms with Gasteiger partial charge in [0.1, 0.15) is 0 Å². The summed E-state index contributed by atoms with van der Waals surface area (Å²) in [7, 11) is 1.84. The van der Waals surface area contributed by atoms with Crippen LogP contribution in [0.4, 0.5) is 4.79 Å². The van der Waals surface area contributed by atoms with Crippen LogP contribution in [-0.4, -0.2) is 23.2 Å². The van der Waals surface area contributed by atoms with Gasteiger partial charge in [0.25, 0.3) is 5.24 Å². The van der Waals surface area contributed by atoms with Crippen LogP contribution in [0, 0.1) is 0 Å². The average molecular weight is 173 g/mol. The first-order valence-corrected chi connectivity index (χ1v) is 4.62. The van der Waals surface area contributed by atoms with Crippen molar-refractivity contribution in [3.63, 3.8) is 0 Å². The number of nitrogens with zero attached hydrogens (tertiary/aromatic N) is 1. The fraction of sp³-hybridized carbons (Fsp3) is 0.875. The zero-order valence-corrected chi connectivity index (χ0v) is 7.81. The van der Waals surface area contributed by atoms with Crippen molar-refractivity contribution >= 4 is 17.9 Å². The molecule has 1 rings (SSSR count). The van der Waals surface area contributed by atoms with Crippen LogP contribution < -0.4 is 0 Å². The van der Waals surface area contributed by atoms with E-state index < -0.39 is 0 Å². The number of amides is 1. The molecule has 0 atom stereocenters. The van der Waals surface area contributed by atoms with Crippen LogP contribution in [0.5, 0.6) is 0 Å². The topological polar surface area (TPSA) is 20.3 Å². The summed E-state index contributed by atoms with van der Waals surface area (Å²) in [6.45, 7) is 0. The van der Waals surface area contributed by atoms with Gasteiger partial charge < -0.3 is 4.90 Å². The van der Waals surface area contributed by atoms with Gasteiger partial charge in [0.15, 0.2) is 0 Å². The van der Waals surface area contributed by atoms with Gasteiger partial charge in [-0.2, -0.15) is 0 Å². The van der Waals surface area contributed by atoms with Crippen LogP contribution in [0.25, 0.3) is 0 Å². The lowest BCUT2D eigenvalue weighted by Crippen LogP contribution is -2.35. The van der Waals surface area contributed by atoms with Crippen LogP contribution in [0.2, 0.25) is 0 Å². The van der Waals surface area contributed by atoms with Crippen LogP contribution in [0.1, 0.15) is 32.1 Å². The highest BCUT2D eigenvalue weighted by atomic mass is 32.1. The highest BCUT2D eigenvalue weighted by Gasteiger charge is 2.19. The number of thiol groups is 1. The first-order chi connectivity index (χ1) is 5.22. The summed E-state index contributed by atoms with van der Waals surface area (Å²) in [4.78, 5) is 12.6. The minimum atomic E-state index is -0.100. The Balaban J connectivity index is 2.38. The largest absolute Gasteiger partial charge is 0.334 e. The maximum absolute atomic E-state index is 10.8. The molecule has 1 fully saturated rings. The average Bonchev–Trinajstić information content (AvgIpc) is 2.05. The van der Waals surface area contributed by atoms with E-state index in [-0.39, 0.29) is 5.24 Å². The lowest BCUT2D eigenvalue weighted by molar-refractivity contribution is 0.197. The van der Waals surface area contributed by atoms with Crippen LogP contribution >= 0.6 is 12.6 Å². The number of carbonyl (C=O) groups excluding carboxylic acids is 1. The molecule has 0 unspecified atom stereocenters. The molecule has 1 aliphatic carbocycles. The van der Waals surface area contributed by atoms with Crippen molar-refractivity contribution in [3.05, 3.63) is 0 Å². The molecule has 0 saturated heterocycles. The first-order valence-electron chi connectivity index (χ1n) is 4.17. The van der Waals surface area contributed by atoms with E-state index in [0.29, 0.717) is 6.04 Å². The Morgan fingerprint density at radius 2 is 1.91 bits per heavy atom. The molecule has 0 aliphatic heterocycles. The fourth-order valence-corrected chi connectivity index (χ4v) is 1.79. The van der Waals surface area contributed by atoms with Crippen LogP contribution in [0.3, 0.4) is 0 Å². The predicted octanol–water partition coefficient (Wildman–Crippen LogP) is 2.30. The number of rotatable bonds is 1. The van der Waals surface area contributed by atoms with Crippen molar-refractivity contribution < 1.29 is 4.79 Å². The quantitative estimate of drug-likeness (QED) is 0.603. The van der Waals surface area contributed by atoms with Crippen molar-refractivity contribution in [1.82, 2.24) is 4.90 Å². The SMILES string of the molecule is CN(C(=O)S)C1CCCCC1. The lowest BCUT2D eigenvalue weighted by Gasteiger charge is -2.29. The summed E-state index contributed by atoms with van der Waals surface area (Å²) in [6, 6.07) is 0.453. The molecule has 0 spiro atoms. The van der Waals surface area contributed by atoms with Crippen molar-refractivity contribution in [1.29, 1.82) is 0 Å². The molecule has 2 nitrogen and oxygen atoms in total. The van der Waals surface area contributed by atoms with E-state index in [0.717, 1.165) is 12.8 Å². The first kappa shape index (κ1) is 8.91. The maximum Gasteiger partial charge on any atom is 0.278 e. The van der Waals surface area contributed by atoms with Crippen molar-refractivity contribution in [3.8, 4) is 0 Å². The monoisotopic (exact) mass is 173 g/mol. The molecule has 0 aromatic heterocycles. The molecule has 3 heteroatoms. The van der Waals surface area contributed by atoms with Gasteiger partial charge >= 0.3 is 0 Å². The molecule has 1 amide bonds. The fourth-order valence-electron chi connectivity index (χ4n) is 1.62. The van der Waals surface area contributed by atoms with Gasteiger partial charge in [-0.3, -0.25) is 4.79 Å². The molecule has 1 aliphatic rings. The summed E-state index contributed by atoms with van der Waals surface area (Å²) in [5.74, 6) is 0. The standard InChI is InChI=1S/C8H15NOS/c1-9(8(10)11)7-5-3-2-4-6-7/h7H,2-6H2,1H3,(H,10,11). The van der Waals surface area contributed by atoms with E-state index in [1.165, 1.54) is 19.3 Å². The third kappa shape index (κ3) is 2.40. The molecule has 11 heavy (non-hydrogen) atoms. The van der Waals surface area contributed by atoms with Gasteiger partial charge in [-0.25, -0.2) is 0 Å². The highest BCUT2D eigenvalue weighted by Crippen LogP contribution is 2.22. The molecular weight excluding hydrogens is 158 g/mol. The second kappa shape index (κ2) is 4.00. The van der Waals surface area contributed by atoms with E-state index in [2.05, 4.69) is 12.6 Å².